The van der Waals surface area contributed by atoms with E-state index in [0.717, 1.165) is 11.1 Å². The molecule has 0 saturated heterocycles. The lowest BCUT2D eigenvalue weighted by molar-refractivity contribution is 0.481. The Bertz CT molecular complexity index is 1230. The quantitative estimate of drug-likeness (QED) is 0.176. The van der Waals surface area contributed by atoms with Crippen LogP contribution < -0.4 is 11.5 Å². The number of nitrogens with two attached hydrogens (primary N) is 2. The highest BCUT2D eigenvalue weighted by molar-refractivity contribution is 7.86. The van der Waals surface area contributed by atoms with Crippen molar-refractivity contribution in [3.8, 4) is 0 Å². The number of hydrogen-bond donors (Lipinski definition) is 6. The molecule has 0 heterocycles. The molecule has 182 valence electrons. The average molecular weight is 507 g/mol. The molecular weight excluding hydrogens is 480 g/mol. The Hall–Kier alpha value is -3.58. The van der Waals surface area contributed by atoms with Crippen molar-refractivity contribution in [1.82, 2.24) is 0 Å². The number of amidine groups is 2. The van der Waals surface area contributed by atoms with Gasteiger partial charge in [-0.25, -0.2) is 0 Å². The Balaban J connectivity index is 0.000000255. The van der Waals surface area contributed by atoms with Crippen LogP contribution in [0.5, 0.6) is 0 Å². The van der Waals surface area contributed by atoms with Gasteiger partial charge in [-0.3, -0.25) is 19.9 Å². The highest BCUT2D eigenvalue weighted by Crippen LogP contribution is 2.09. The third-order valence-electron chi connectivity index (χ3n) is 4.14. The lowest BCUT2D eigenvalue weighted by atomic mass is 10.1. The van der Waals surface area contributed by atoms with E-state index < -0.39 is 20.2 Å². The van der Waals surface area contributed by atoms with Crippen molar-refractivity contribution in [2.75, 3.05) is 0 Å². The summed E-state index contributed by atoms with van der Waals surface area (Å²) in [5, 5.41) is 14.2. The lowest BCUT2D eigenvalue weighted by Crippen LogP contribution is -2.13. The Morgan fingerprint density at radius 3 is 1.00 bits per heavy atom. The second-order valence-electron chi connectivity index (χ2n) is 6.98. The monoisotopic (exact) mass is 506 g/mol. The highest BCUT2D eigenvalue weighted by Gasteiger charge is 2.07. The Morgan fingerprint density at radius 1 is 0.588 bits per heavy atom. The smallest absolute Gasteiger partial charge is 0.294 e. The fraction of sp³-hybridized carbons (Fsp3) is 0.0909. The van der Waals surface area contributed by atoms with Crippen molar-refractivity contribution in [3.05, 3.63) is 95.1 Å². The minimum absolute atomic E-state index is 0.0186. The Labute approximate surface area is 198 Å². The van der Waals surface area contributed by atoms with Crippen molar-refractivity contribution in [2.24, 2.45) is 11.5 Å². The van der Waals surface area contributed by atoms with Gasteiger partial charge in [-0.2, -0.15) is 16.8 Å². The Kier molecular flexibility index (Phi) is 10.1. The first kappa shape index (κ1) is 28.5. The van der Waals surface area contributed by atoms with Crippen LogP contribution in [0.4, 0.5) is 0 Å². The molecule has 0 saturated carbocycles. The van der Waals surface area contributed by atoms with Crippen LogP contribution in [0.2, 0.25) is 0 Å². The van der Waals surface area contributed by atoms with Gasteiger partial charge in [0.25, 0.3) is 20.2 Å². The predicted molar refractivity (Wildman–Crippen MR) is 130 cm³/mol. The van der Waals surface area contributed by atoms with Gasteiger partial charge >= 0.3 is 0 Å². The molecule has 0 amide bonds. The SMILES string of the molecule is Cc1ccc(S(=O)(=O)O)cc1.Cc1ccc(S(=O)(=O)O)cc1.N=C(N)c1ccc(C(=N)N)cc1. The molecule has 34 heavy (non-hydrogen) atoms. The van der Waals surface area contributed by atoms with Gasteiger partial charge in [-0.1, -0.05) is 59.7 Å². The molecule has 0 radical (unpaired) electrons. The first-order chi connectivity index (χ1) is 15.6. The molecular formula is C22H26N4O6S2. The second-order valence-corrected chi connectivity index (χ2v) is 9.82. The summed E-state index contributed by atoms with van der Waals surface area (Å²) >= 11 is 0. The fourth-order valence-corrected chi connectivity index (χ4v) is 3.21. The molecule has 10 nitrogen and oxygen atoms in total. The van der Waals surface area contributed by atoms with Crippen LogP contribution in [-0.4, -0.2) is 37.6 Å². The molecule has 12 heteroatoms. The molecule has 0 aliphatic heterocycles. The van der Waals surface area contributed by atoms with E-state index in [2.05, 4.69) is 0 Å². The van der Waals surface area contributed by atoms with E-state index in [0.29, 0.717) is 11.1 Å². The third-order valence-corrected chi connectivity index (χ3v) is 5.88. The molecule has 0 bridgehead atoms. The van der Waals surface area contributed by atoms with Crippen LogP contribution in [-0.2, 0) is 20.2 Å². The van der Waals surface area contributed by atoms with Gasteiger partial charge in [-0.05, 0) is 38.1 Å². The van der Waals surface area contributed by atoms with Crippen molar-refractivity contribution < 1.29 is 25.9 Å². The van der Waals surface area contributed by atoms with Crippen LogP contribution >= 0.6 is 0 Å². The summed E-state index contributed by atoms with van der Waals surface area (Å²) in [5.74, 6) is 0.0372. The van der Waals surface area contributed by atoms with Crippen molar-refractivity contribution in [3.63, 3.8) is 0 Å². The van der Waals surface area contributed by atoms with Crippen LogP contribution in [0.1, 0.15) is 22.3 Å². The van der Waals surface area contributed by atoms with Crippen LogP contribution in [0, 0.1) is 24.7 Å². The predicted octanol–water partition coefficient (Wildman–Crippen LogP) is 2.74. The molecule has 0 atom stereocenters. The Morgan fingerprint density at radius 2 is 0.824 bits per heavy atom. The third kappa shape index (κ3) is 9.92. The van der Waals surface area contributed by atoms with E-state index in [1.807, 2.05) is 13.8 Å². The molecule has 0 aromatic heterocycles. The molecule has 3 rings (SSSR count). The molecule has 0 unspecified atom stereocenters. The van der Waals surface area contributed by atoms with Crippen LogP contribution in [0.15, 0.2) is 82.6 Å². The van der Waals surface area contributed by atoms with Crippen LogP contribution in [0.25, 0.3) is 0 Å². The number of rotatable bonds is 4. The number of nitrogens with one attached hydrogen (secondary N) is 2. The highest BCUT2D eigenvalue weighted by atomic mass is 32.2. The molecule has 3 aromatic carbocycles. The largest absolute Gasteiger partial charge is 0.384 e. The minimum Gasteiger partial charge on any atom is -0.384 e. The second kappa shape index (κ2) is 12.0. The number of aryl methyl sites for hydroxylation is 2. The summed E-state index contributed by atoms with van der Waals surface area (Å²) < 4.78 is 59.1. The maximum absolute atomic E-state index is 10.5. The van der Waals surface area contributed by atoms with E-state index in [4.69, 9.17) is 31.4 Å². The van der Waals surface area contributed by atoms with Gasteiger partial charge in [-0.15, -0.1) is 0 Å². The fourth-order valence-electron chi connectivity index (χ4n) is 2.25. The maximum atomic E-state index is 10.5. The topological polar surface area (TPSA) is 208 Å². The zero-order chi connectivity index (χ0) is 26.1. The van der Waals surface area contributed by atoms with Gasteiger partial charge in [0, 0.05) is 11.1 Å². The summed E-state index contributed by atoms with van der Waals surface area (Å²) in [6.45, 7) is 3.68. The molecule has 8 N–H and O–H groups in total. The zero-order valence-corrected chi connectivity index (χ0v) is 20.1. The first-order valence-electron chi connectivity index (χ1n) is 9.48. The van der Waals surface area contributed by atoms with Gasteiger partial charge in [0.1, 0.15) is 11.7 Å². The summed E-state index contributed by atoms with van der Waals surface area (Å²) in [6.07, 6.45) is 0. The summed E-state index contributed by atoms with van der Waals surface area (Å²) in [6, 6.07) is 18.6. The van der Waals surface area contributed by atoms with E-state index in [9.17, 15) is 16.8 Å². The van der Waals surface area contributed by atoms with E-state index in [1.54, 1.807) is 48.5 Å². The van der Waals surface area contributed by atoms with Gasteiger partial charge in [0.2, 0.25) is 0 Å². The molecule has 0 fully saturated rings. The van der Waals surface area contributed by atoms with Crippen LogP contribution in [0.3, 0.4) is 0 Å². The zero-order valence-electron chi connectivity index (χ0n) is 18.4. The summed E-state index contributed by atoms with van der Waals surface area (Å²) in [7, 11) is -8.04. The number of benzene rings is 3. The number of nitrogen functional groups attached to an aromatic ring is 2. The normalized spacial score (nSPS) is 10.7. The van der Waals surface area contributed by atoms with E-state index in [1.165, 1.54) is 24.3 Å². The minimum atomic E-state index is -4.02. The van der Waals surface area contributed by atoms with Gasteiger partial charge < -0.3 is 11.5 Å². The van der Waals surface area contributed by atoms with Gasteiger partial charge in [0.05, 0.1) is 9.79 Å². The van der Waals surface area contributed by atoms with Crippen molar-refractivity contribution >= 4 is 31.9 Å². The maximum Gasteiger partial charge on any atom is 0.294 e. The molecule has 3 aromatic rings. The standard InChI is InChI=1S/C8H10N4.2C7H8O3S/c9-7(10)5-1-2-6(4-3-5)8(11)12;2*1-6-2-4-7(5-3-6)11(8,9)10/h1-4H,(H3,9,10)(H3,11,12);2*2-5H,1H3,(H,8,9,10). The van der Waals surface area contributed by atoms with Gasteiger partial charge in [0.15, 0.2) is 0 Å². The molecule has 0 aliphatic rings. The summed E-state index contributed by atoms with van der Waals surface area (Å²) in [4.78, 5) is -0.133. The molecule has 0 spiro atoms. The summed E-state index contributed by atoms with van der Waals surface area (Å²) in [5.41, 5.74) is 13.7. The average Bonchev–Trinajstić information content (AvgIpc) is 2.74. The van der Waals surface area contributed by atoms with Crippen molar-refractivity contribution in [2.45, 2.75) is 23.6 Å². The molecule has 0 aliphatic carbocycles. The lowest BCUT2D eigenvalue weighted by Gasteiger charge is -1.99. The van der Waals surface area contributed by atoms with E-state index in [-0.39, 0.29) is 21.5 Å². The van der Waals surface area contributed by atoms with E-state index >= 15 is 0 Å². The first-order valence-corrected chi connectivity index (χ1v) is 12.4. The van der Waals surface area contributed by atoms with Crippen molar-refractivity contribution in [1.29, 1.82) is 10.8 Å². The number of hydrogen-bond acceptors (Lipinski definition) is 6.